The fourth-order valence-corrected chi connectivity index (χ4v) is 2.77. The van der Waals surface area contributed by atoms with Crippen molar-refractivity contribution in [1.29, 1.82) is 0 Å². The van der Waals surface area contributed by atoms with Crippen LogP contribution in [-0.4, -0.2) is 45.0 Å². The Morgan fingerprint density at radius 3 is 2.80 bits per heavy atom. The second kappa shape index (κ2) is 7.25. The second-order valence-electron chi connectivity index (χ2n) is 6.11. The van der Waals surface area contributed by atoms with Gasteiger partial charge in [-0.05, 0) is 37.5 Å². The van der Waals surface area contributed by atoms with Crippen molar-refractivity contribution in [1.82, 2.24) is 20.1 Å². The predicted molar refractivity (Wildman–Crippen MR) is 91.1 cm³/mol. The standard InChI is InChI=1S/C17H19N5O3/c1-11-4-6-14(18-9-11)19-16(24)12-3-2-8-22(10-12)17(25)13-5-7-15(23)21-20-13/h4-7,9,12H,2-3,8,10H2,1H3,(H,21,23)(H,18,19,24). The van der Waals surface area contributed by atoms with Crippen LogP contribution in [0.3, 0.4) is 0 Å². The molecule has 8 heteroatoms. The Hall–Kier alpha value is -3.03. The molecule has 25 heavy (non-hydrogen) atoms. The minimum atomic E-state index is -0.363. The summed E-state index contributed by atoms with van der Waals surface area (Å²) in [4.78, 5) is 41.7. The van der Waals surface area contributed by atoms with Crippen molar-refractivity contribution >= 4 is 17.6 Å². The van der Waals surface area contributed by atoms with Gasteiger partial charge in [0.15, 0.2) is 0 Å². The molecular formula is C17H19N5O3. The van der Waals surface area contributed by atoms with Crippen LogP contribution in [0.2, 0.25) is 0 Å². The Kier molecular flexibility index (Phi) is 4.87. The van der Waals surface area contributed by atoms with E-state index in [1.54, 1.807) is 17.2 Å². The molecule has 2 aromatic heterocycles. The van der Waals surface area contributed by atoms with E-state index in [-0.39, 0.29) is 29.0 Å². The molecule has 1 unspecified atom stereocenters. The molecule has 3 heterocycles. The first-order chi connectivity index (χ1) is 12.0. The van der Waals surface area contributed by atoms with Crippen LogP contribution in [0.1, 0.15) is 28.9 Å². The molecule has 2 amide bonds. The number of nitrogens with one attached hydrogen (secondary N) is 2. The van der Waals surface area contributed by atoms with Crippen LogP contribution in [0.5, 0.6) is 0 Å². The molecule has 2 aromatic rings. The maximum Gasteiger partial charge on any atom is 0.274 e. The van der Waals surface area contributed by atoms with Crippen LogP contribution in [0.4, 0.5) is 5.82 Å². The molecule has 1 fully saturated rings. The highest BCUT2D eigenvalue weighted by Crippen LogP contribution is 2.19. The average molecular weight is 341 g/mol. The molecule has 1 atom stereocenters. The zero-order valence-electron chi connectivity index (χ0n) is 13.9. The fraction of sp³-hybridized carbons (Fsp3) is 0.353. The van der Waals surface area contributed by atoms with Crippen molar-refractivity contribution in [2.45, 2.75) is 19.8 Å². The van der Waals surface area contributed by atoms with Gasteiger partial charge in [-0.1, -0.05) is 6.07 Å². The first-order valence-electron chi connectivity index (χ1n) is 8.11. The quantitative estimate of drug-likeness (QED) is 0.864. The number of nitrogens with zero attached hydrogens (tertiary/aromatic N) is 3. The van der Waals surface area contributed by atoms with E-state index in [4.69, 9.17) is 0 Å². The van der Waals surface area contributed by atoms with Crippen molar-refractivity contribution in [3.63, 3.8) is 0 Å². The highest BCUT2D eigenvalue weighted by molar-refractivity contribution is 5.94. The maximum absolute atomic E-state index is 12.5. The van der Waals surface area contributed by atoms with Gasteiger partial charge in [0.25, 0.3) is 11.5 Å². The molecule has 0 bridgehead atoms. The number of aryl methyl sites for hydroxylation is 1. The lowest BCUT2D eigenvalue weighted by Gasteiger charge is -2.31. The van der Waals surface area contributed by atoms with Crippen LogP contribution in [0, 0.1) is 12.8 Å². The average Bonchev–Trinajstić information content (AvgIpc) is 2.64. The zero-order chi connectivity index (χ0) is 17.8. The monoisotopic (exact) mass is 341 g/mol. The highest BCUT2D eigenvalue weighted by atomic mass is 16.2. The lowest BCUT2D eigenvalue weighted by atomic mass is 9.97. The van der Waals surface area contributed by atoms with E-state index in [9.17, 15) is 14.4 Å². The maximum atomic E-state index is 12.5. The number of hydrogen-bond acceptors (Lipinski definition) is 5. The Morgan fingerprint density at radius 2 is 2.12 bits per heavy atom. The minimum Gasteiger partial charge on any atom is -0.336 e. The molecule has 0 radical (unpaired) electrons. The van der Waals surface area contributed by atoms with E-state index in [0.29, 0.717) is 25.3 Å². The van der Waals surface area contributed by atoms with Gasteiger partial charge in [0.1, 0.15) is 11.5 Å². The molecule has 2 N–H and O–H groups in total. The number of likely N-dealkylation sites (tertiary alicyclic amines) is 1. The van der Waals surface area contributed by atoms with Gasteiger partial charge in [-0.3, -0.25) is 14.4 Å². The van der Waals surface area contributed by atoms with Crippen LogP contribution in [0.25, 0.3) is 0 Å². The lowest BCUT2D eigenvalue weighted by molar-refractivity contribution is -0.121. The topological polar surface area (TPSA) is 108 Å². The molecule has 130 valence electrons. The van der Waals surface area contributed by atoms with Gasteiger partial charge in [-0.15, -0.1) is 0 Å². The van der Waals surface area contributed by atoms with E-state index >= 15 is 0 Å². The van der Waals surface area contributed by atoms with Gasteiger partial charge in [-0.2, -0.15) is 5.10 Å². The normalized spacial score (nSPS) is 17.2. The van der Waals surface area contributed by atoms with Crippen LogP contribution >= 0.6 is 0 Å². The van der Waals surface area contributed by atoms with Gasteiger partial charge >= 0.3 is 0 Å². The summed E-state index contributed by atoms with van der Waals surface area (Å²) in [6.07, 6.45) is 3.13. The first kappa shape index (κ1) is 16.8. The Bertz CT molecular complexity index is 810. The Balaban J connectivity index is 1.64. The number of amides is 2. The van der Waals surface area contributed by atoms with E-state index in [2.05, 4.69) is 20.5 Å². The van der Waals surface area contributed by atoms with E-state index < -0.39 is 0 Å². The van der Waals surface area contributed by atoms with Gasteiger partial charge < -0.3 is 10.2 Å². The van der Waals surface area contributed by atoms with Crippen LogP contribution < -0.4 is 10.9 Å². The smallest absolute Gasteiger partial charge is 0.274 e. The summed E-state index contributed by atoms with van der Waals surface area (Å²) >= 11 is 0. The number of aromatic amines is 1. The second-order valence-corrected chi connectivity index (χ2v) is 6.11. The molecule has 3 rings (SSSR count). The number of pyridine rings is 1. The first-order valence-corrected chi connectivity index (χ1v) is 8.11. The van der Waals surface area contributed by atoms with Crippen molar-refractivity contribution < 1.29 is 9.59 Å². The summed E-state index contributed by atoms with van der Waals surface area (Å²) in [5, 5.41) is 8.80. The molecule has 8 nitrogen and oxygen atoms in total. The van der Waals surface area contributed by atoms with Gasteiger partial charge in [0.2, 0.25) is 5.91 Å². The molecule has 0 aliphatic carbocycles. The van der Waals surface area contributed by atoms with Crippen LogP contribution in [0.15, 0.2) is 35.3 Å². The van der Waals surface area contributed by atoms with Gasteiger partial charge in [-0.25, -0.2) is 10.1 Å². The molecule has 0 saturated carbocycles. The van der Waals surface area contributed by atoms with E-state index in [1.807, 2.05) is 13.0 Å². The number of rotatable bonds is 3. The summed E-state index contributed by atoms with van der Waals surface area (Å²) in [6.45, 7) is 2.80. The predicted octanol–water partition coefficient (Wildman–Crippen LogP) is 0.964. The van der Waals surface area contributed by atoms with Crippen molar-refractivity contribution in [3.8, 4) is 0 Å². The van der Waals surface area contributed by atoms with Crippen molar-refractivity contribution in [3.05, 3.63) is 52.1 Å². The Morgan fingerprint density at radius 1 is 1.28 bits per heavy atom. The minimum absolute atomic E-state index is 0.150. The van der Waals surface area contributed by atoms with E-state index in [0.717, 1.165) is 12.0 Å². The number of carbonyl (C=O) groups is 2. The molecule has 1 saturated heterocycles. The third-order valence-corrected chi connectivity index (χ3v) is 4.14. The molecule has 1 aliphatic heterocycles. The zero-order valence-corrected chi connectivity index (χ0v) is 13.9. The largest absolute Gasteiger partial charge is 0.336 e. The molecule has 0 spiro atoms. The van der Waals surface area contributed by atoms with Crippen molar-refractivity contribution in [2.75, 3.05) is 18.4 Å². The number of H-pyrrole nitrogens is 1. The highest BCUT2D eigenvalue weighted by Gasteiger charge is 2.29. The number of piperidine rings is 1. The van der Waals surface area contributed by atoms with Gasteiger partial charge in [0, 0.05) is 25.4 Å². The SMILES string of the molecule is Cc1ccc(NC(=O)C2CCCN(C(=O)c3ccc(=O)[nH]n3)C2)nc1. The number of anilines is 1. The molecule has 0 aromatic carbocycles. The fourth-order valence-electron chi connectivity index (χ4n) is 2.77. The summed E-state index contributed by atoms with van der Waals surface area (Å²) in [7, 11) is 0. The third kappa shape index (κ3) is 4.09. The lowest BCUT2D eigenvalue weighted by Crippen LogP contribution is -2.44. The summed E-state index contributed by atoms with van der Waals surface area (Å²) in [6, 6.07) is 6.28. The molecule has 1 aliphatic rings. The third-order valence-electron chi connectivity index (χ3n) is 4.14. The number of hydrogen-bond donors (Lipinski definition) is 2. The summed E-state index contributed by atoms with van der Waals surface area (Å²) in [5.74, 6) is -0.240. The summed E-state index contributed by atoms with van der Waals surface area (Å²) < 4.78 is 0. The van der Waals surface area contributed by atoms with Crippen molar-refractivity contribution in [2.24, 2.45) is 5.92 Å². The van der Waals surface area contributed by atoms with E-state index in [1.165, 1.54) is 12.1 Å². The van der Waals surface area contributed by atoms with Crippen LogP contribution in [-0.2, 0) is 4.79 Å². The van der Waals surface area contributed by atoms with Gasteiger partial charge in [0.05, 0.1) is 5.92 Å². The summed E-state index contributed by atoms with van der Waals surface area (Å²) in [5.41, 5.74) is 0.819. The number of aromatic nitrogens is 3. The number of carbonyl (C=O) groups excluding carboxylic acids is 2. The Labute approximate surface area is 144 Å². The molecular weight excluding hydrogens is 322 g/mol.